The molecule has 0 spiro atoms. The summed E-state index contributed by atoms with van der Waals surface area (Å²) in [6, 6.07) is 9.09. The molecule has 3 unspecified atom stereocenters. The zero-order valence-electron chi connectivity index (χ0n) is 23.8. The van der Waals surface area contributed by atoms with E-state index >= 15 is 0 Å². The van der Waals surface area contributed by atoms with E-state index < -0.39 is 41.1 Å². The van der Waals surface area contributed by atoms with Gasteiger partial charge in [-0.1, -0.05) is 30.3 Å². The first-order chi connectivity index (χ1) is 19.5. The lowest BCUT2D eigenvalue weighted by atomic mass is 9.92. The number of hydrogen-bond acceptors (Lipinski definition) is 9. The van der Waals surface area contributed by atoms with Gasteiger partial charge in [0, 0.05) is 0 Å². The molecule has 41 heavy (non-hydrogen) atoms. The van der Waals surface area contributed by atoms with Gasteiger partial charge in [0.2, 0.25) is 11.4 Å². The molecule has 1 aromatic carbocycles. The lowest BCUT2D eigenvalue weighted by Gasteiger charge is -2.38. The second-order valence-electron chi connectivity index (χ2n) is 11.9. The molecular formula is C30H34N3O7S+. The van der Waals surface area contributed by atoms with Crippen LogP contribution in [0.3, 0.4) is 0 Å². The Bertz CT molecular complexity index is 1450. The highest BCUT2D eigenvalue weighted by Gasteiger charge is 2.61. The highest BCUT2D eigenvalue weighted by atomic mass is 32.2. The average molecular weight is 581 g/mol. The van der Waals surface area contributed by atoms with E-state index in [1.54, 1.807) is 32.3 Å². The number of hydrogen-bond donors (Lipinski definition) is 0. The van der Waals surface area contributed by atoms with Crippen LogP contribution >= 0.6 is 11.8 Å². The molecule has 6 rings (SSSR count). The molecule has 11 heteroatoms. The normalized spacial score (nSPS) is 29.9. The van der Waals surface area contributed by atoms with Gasteiger partial charge in [-0.2, -0.15) is 9.37 Å². The van der Waals surface area contributed by atoms with Crippen LogP contribution < -0.4 is 0 Å². The Labute approximate surface area is 242 Å². The standard InChI is InChI=1S/C30H34N3O7S/c1-17-22-25(34)33-28(36)32(26(22)41-23(17)24-31-13-14-37-24)15-20(18-9-7-6-8-10-18)38-16-19-11-12-21(39-19)30(4,5)40-27(35)29(33,2)3/h6-10,13-14,19-22H,11-12,15-16H2,1-5H3/q+1/t19?,20-,21?,22?/m0/s1. The predicted molar refractivity (Wildman–Crippen MR) is 150 cm³/mol. The number of aromatic nitrogens is 1. The van der Waals surface area contributed by atoms with Crippen LogP contribution in [0.15, 0.2) is 52.8 Å². The number of nitrogens with zero attached hydrogens (tertiary/aromatic N) is 3. The number of amides is 3. The molecule has 4 aliphatic rings. The molecule has 2 aromatic rings. The fraction of sp³-hybridized carbons (Fsp3) is 0.500. The highest BCUT2D eigenvalue weighted by Crippen LogP contribution is 2.47. The Hall–Kier alpha value is -3.28. The number of carbonyl (C=O) groups is 3. The quantitative estimate of drug-likeness (QED) is 0.373. The molecule has 10 nitrogen and oxygen atoms in total. The minimum Gasteiger partial charge on any atom is -0.454 e. The summed E-state index contributed by atoms with van der Waals surface area (Å²) in [7, 11) is 0. The Morgan fingerprint density at radius 1 is 1.07 bits per heavy atom. The minimum atomic E-state index is -1.60. The fourth-order valence-corrected chi connectivity index (χ4v) is 7.24. The Kier molecular flexibility index (Phi) is 6.94. The third-order valence-electron chi connectivity index (χ3n) is 8.33. The van der Waals surface area contributed by atoms with E-state index in [-0.39, 0.29) is 18.8 Å². The van der Waals surface area contributed by atoms with Gasteiger partial charge in [0.25, 0.3) is 0 Å². The van der Waals surface area contributed by atoms with Gasteiger partial charge in [-0.15, -0.1) is 4.90 Å². The number of ether oxygens (including phenoxy) is 3. The summed E-state index contributed by atoms with van der Waals surface area (Å²) >= 11 is 1.29. The van der Waals surface area contributed by atoms with Gasteiger partial charge < -0.3 is 18.6 Å². The Balaban J connectivity index is 1.50. The monoisotopic (exact) mass is 580 g/mol. The number of carbonyl (C=O) groups excluding carboxylic acids is 3. The van der Waals surface area contributed by atoms with Crippen LogP contribution in [0.4, 0.5) is 4.79 Å². The van der Waals surface area contributed by atoms with Crippen LogP contribution in [0.2, 0.25) is 0 Å². The largest absolute Gasteiger partial charge is 0.502 e. The summed E-state index contributed by atoms with van der Waals surface area (Å²) in [5, 5.41) is 0.542. The molecule has 1 aromatic heterocycles. The molecule has 0 radical (unpaired) electrons. The van der Waals surface area contributed by atoms with E-state index in [9.17, 15) is 14.4 Å². The maximum Gasteiger partial charge on any atom is 0.502 e. The molecule has 216 valence electrons. The van der Waals surface area contributed by atoms with Crippen LogP contribution in [-0.4, -0.2) is 73.9 Å². The molecular weight excluding hydrogens is 546 g/mol. The van der Waals surface area contributed by atoms with Gasteiger partial charge in [-0.3, -0.25) is 0 Å². The Morgan fingerprint density at radius 2 is 1.83 bits per heavy atom. The summed E-state index contributed by atoms with van der Waals surface area (Å²) in [5.74, 6) is -1.58. The van der Waals surface area contributed by atoms with Crippen LogP contribution in [0.25, 0.3) is 4.91 Å². The number of urea groups is 1. The predicted octanol–water partition coefficient (Wildman–Crippen LogP) is 4.56. The van der Waals surface area contributed by atoms with Gasteiger partial charge in [0.1, 0.15) is 24.5 Å². The van der Waals surface area contributed by atoms with E-state index in [0.29, 0.717) is 34.4 Å². The van der Waals surface area contributed by atoms with Crippen molar-refractivity contribution in [2.75, 3.05) is 13.2 Å². The van der Waals surface area contributed by atoms with Crippen molar-refractivity contribution < 1.29 is 37.6 Å². The number of benzene rings is 1. The molecule has 4 bridgehead atoms. The van der Waals surface area contributed by atoms with E-state index in [1.165, 1.54) is 24.2 Å². The van der Waals surface area contributed by atoms with E-state index in [2.05, 4.69) is 4.98 Å². The fourth-order valence-electron chi connectivity index (χ4n) is 5.90. The summed E-state index contributed by atoms with van der Waals surface area (Å²) < 4.78 is 25.9. The summed E-state index contributed by atoms with van der Waals surface area (Å²) in [5.41, 5.74) is -0.990. The van der Waals surface area contributed by atoms with Crippen molar-refractivity contribution in [3.05, 3.63) is 59.8 Å². The van der Waals surface area contributed by atoms with Crippen LogP contribution in [0, 0.1) is 5.92 Å². The smallest absolute Gasteiger partial charge is 0.454 e. The summed E-state index contributed by atoms with van der Waals surface area (Å²) in [6.45, 7) is 8.97. The number of esters is 1. The topological polar surface area (TPSA) is 111 Å². The van der Waals surface area contributed by atoms with Crippen LogP contribution in [-0.2, 0) is 23.8 Å². The maximum absolute atomic E-state index is 14.3. The summed E-state index contributed by atoms with van der Waals surface area (Å²) in [6.07, 6.45) is 3.41. The van der Waals surface area contributed by atoms with Gasteiger partial charge >= 0.3 is 17.9 Å². The summed E-state index contributed by atoms with van der Waals surface area (Å²) in [4.78, 5) is 48.3. The van der Waals surface area contributed by atoms with Crippen LogP contribution in [0.1, 0.15) is 65.0 Å². The van der Waals surface area contributed by atoms with Crippen molar-refractivity contribution in [3.8, 4) is 0 Å². The Morgan fingerprint density at radius 3 is 2.54 bits per heavy atom. The van der Waals surface area contributed by atoms with Crippen molar-refractivity contribution in [1.29, 1.82) is 0 Å². The zero-order chi connectivity index (χ0) is 29.1. The van der Waals surface area contributed by atoms with Crippen molar-refractivity contribution in [1.82, 2.24) is 9.88 Å². The van der Waals surface area contributed by atoms with E-state index in [0.717, 1.165) is 16.9 Å². The van der Waals surface area contributed by atoms with Gasteiger partial charge in [-0.25, -0.2) is 14.6 Å². The van der Waals surface area contributed by atoms with E-state index in [4.69, 9.17) is 18.6 Å². The third kappa shape index (κ3) is 4.73. The lowest BCUT2D eigenvalue weighted by Crippen LogP contribution is -2.65. The number of rotatable bonds is 2. The van der Waals surface area contributed by atoms with Crippen molar-refractivity contribution in [2.24, 2.45) is 5.92 Å². The van der Waals surface area contributed by atoms with Crippen molar-refractivity contribution in [2.45, 2.75) is 76.9 Å². The molecule has 0 aliphatic carbocycles. The number of oxazole rings is 1. The van der Waals surface area contributed by atoms with Crippen molar-refractivity contribution >= 4 is 39.6 Å². The first-order valence-corrected chi connectivity index (χ1v) is 14.7. The van der Waals surface area contributed by atoms with Crippen LogP contribution in [0.5, 0.6) is 0 Å². The SMILES string of the molecule is CC1=C(c2ncco2)SC2=[N+]3C[C@@H](c4ccccc4)OCC4CCC(O4)C(C)(C)OC(=O)C(C)(C)N(C(=O)C12)C3=O. The average Bonchev–Trinajstić information content (AvgIpc) is 3.69. The lowest BCUT2D eigenvalue weighted by molar-refractivity contribution is -0.454. The molecule has 4 atom stereocenters. The highest BCUT2D eigenvalue weighted by molar-refractivity contribution is 8.22. The molecule has 0 N–H and O–H groups in total. The molecule has 0 saturated carbocycles. The molecule has 4 aliphatic heterocycles. The maximum atomic E-state index is 14.3. The van der Waals surface area contributed by atoms with Gasteiger partial charge in [-0.05, 0) is 70.4 Å². The molecule has 2 saturated heterocycles. The first kappa shape index (κ1) is 27.9. The number of cyclic esters (lactones) is 1. The number of thioether (sulfide) groups is 1. The molecule has 5 heterocycles. The number of fused-ring (bicyclic) bond motifs is 5. The molecule has 3 amide bonds. The zero-order valence-corrected chi connectivity index (χ0v) is 24.6. The second kappa shape index (κ2) is 10.2. The van der Waals surface area contributed by atoms with Gasteiger partial charge in [0.05, 0.1) is 29.9 Å². The molecule has 2 fully saturated rings. The minimum absolute atomic E-state index is 0.129. The van der Waals surface area contributed by atoms with Crippen molar-refractivity contribution in [3.63, 3.8) is 0 Å². The van der Waals surface area contributed by atoms with Gasteiger partial charge in [0.15, 0.2) is 11.0 Å². The second-order valence-corrected chi connectivity index (χ2v) is 12.9. The first-order valence-electron chi connectivity index (χ1n) is 13.9. The third-order valence-corrected chi connectivity index (χ3v) is 9.69. The number of imide groups is 1. The van der Waals surface area contributed by atoms with E-state index in [1.807, 2.05) is 37.3 Å².